The first-order valence-electron chi connectivity index (χ1n) is 18.7. The number of nitrogens with zero attached hydrogens (tertiary/aromatic N) is 6. The van der Waals surface area contributed by atoms with Crippen molar-refractivity contribution >= 4 is 32.7 Å². The summed E-state index contributed by atoms with van der Waals surface area (Å²) < 4.78 is 43.3. The highest BCUT2D eigenvalue weighted by Crippen LogP contribution is 2.52. The standard InChI is InChI=1S/C40H50FN7O3S/c1-4-37-42-18-21-47(37)27-40(31-8-6-9-32(41)22-31,35-10-7-11-36(35)45-38(49)5-2)30-16-19-46(20-17-30)24-29-25-48(26-29)33-12-14-34(15-13-33)52(50,51)39-23-43-28(3)44-39/h5-6,8-9,12-15,18,21-23,28-30,35-36H,2,4,7,10-11,16-17,19-20,24-27H2,1,3H3,(H,45,49)/t28?,35-,36-,40-/m0/s1. The zero-order valence-electron chi connectivity index (χ0n) is 30.2. The number of carbonyl (C=O) groups excluding carboxylic acids is 1. The molecule has 4 aliphatic rings. The van der Waals surface area contributed by atoms with Crippen molar-refractivity contribution in [3.05, 3.63) is 90.8 Å². The number of nitrogens with one attached hydrogen (secondary N) is 1. The number of anilines is 1. The number of sulfone groups is 1. The lowest BCUT2D eigenvalue weighted by Crippen LogP contribution is -2.56. The molecule has 4 heterocycles. The summed E-state index contributed by atoms with van der Waals surface area (Å²) in [5.41, 5.74) is 1.63. The third-order valence-corrected chi connectivity index (χ3v) is 13.5. The van der Waals surface area contributed by atoms with Crippen LogP contribution in [0.25, 0.3) is 0 Å². The van der Waals surface area contributed by atoms with Crippen LogP contribution in [-0.2, 0) is 33.0 Å². The lowest BCUT2D eigenvalue weighted by atomic mass is 9.58. The molecule has 3 aliphatic heterocycles. The van der Waals surface area contributed by atoms with Gasteiger partial charge in [-0.05, 0) is 106 Å². The van der Waals surface area contributed by atoms with Gasteiger partial charge in [-0.15, -0.1) is 0 Å². The van der Waals surface area contributed by atoms with Gasteiger partial charge in [0.05, 0.1) is 11.1 Å². The van der Waals surface area contributed by atoms with Gasteiger partial charge >= 0.3 is 0 Å². The van der Waals surface area contributed by atoms with Crippen LogP contribution in [0.5, 0.6) is 0 Å². The number of aryl methyl sites for hydroxylation is 1. The summed E-state index contributed by atoms with van der Waals surface area (Å²) in [6, 6.07) is 14.3. The Labute approximate surface area is 306 Å². The number of amides is 1. The zero-order valence-corrected chi connectivity index (χ0v) is 31.0. The Hall–Kier alpha value is -4.16. The Morgan fingerprint density at radius 2 is 1.87 bits per heavy atom. The predicted octanol–water partition coefficient (Wildman–Crippen LogP) is 5.44. The molecule has 276 valence electrons. The second-order valence-electron chi connectivity index (χ2n) is 15.0. The number of aromatic nitrogens is 2. The molecule has 4 atom stereocenters. The lowest BCUT2D eigenvalue weighted by molar-refractivity contribution is -0.117. The smallest absolute Gasteiger partial charge is 0.243 e. The van der Waals surface area contributed by atoms with E-state index in [2.05, 4.69) is 60.4 Å². The number of imidazole rings is 1. The third-order valence-electron chi connectivity index (χ3n) is 11.9. The maximum absolute atomic E-state index is 15.1. The summed E-state index contributed by atoms with van der Waals surface area (Å²) in [7, 11) is -3.67. The van der Waals surface area contributed by atoms with E-state index in [0.29, 0.717) is 12.5 Å². The highest BCUT2D eigenvalue weighted by molar-refractivity contribution is 8.08. The van der Waals surface area contributed by atoms with E-state index in [1.807, 2.05) is 24.4 Å². The minimum atomic E-state index is -3.67. The van der Waals surface area contributed by atoms with Crippen LogP contribution in [0, 0.1) is 23.6 Å². The van der Waals surface area contributed by atoms with Gasteiger partial charge in [-0.2, -0.15) is 0 Å². The Kier molecular flexibility index (Phi) is 10.5. The molecule has 1 amide bonds. The molecule has 1 N–H and O–H groups in total. The molecule has 3 fully saturated rings. The van der Waals surface area contributed by atoms with Crippen LogP contribution < -0.4 is 10.2 Å². The van der Waals surface area contributed by atoms with Gasteiger partial charge in [0.1, 0.15) is 17.8 Å². The van der Waals surface area contributed by atoms with E-state index in [1.54, 1.807) is 25.1 Å². The van der Waals surface area contributed by atoms with Gasteiger partial charge in [0.15, 0.2) is 5.04 Å². The summed E-state index contributed by atoms with van der Waals surface area (Å²) in [4.78, 5) is 30.7. The van der Waals surface area contributed by atoms with Crippen molar-refractivity contribution < 1.29 is 17.6 Å². The Balaban J connectivity index is 1.05. The fourth-order valence-corrected chi connectivity index (χ4v) is 10.6. The van der Waals surface area contributed by atoms with E-state index in [0.717, 1.165) is 88.3 Å². The minimum absolute atomic E-state index is 0.0173. The molecule has 0 spiro atoms. The van der Waals surface area contributed by atoms with Crippen LogP contribution in [0.4, 0.5) is 10.1 Å². The number of carbonyl (C=O) groups is 1. The van der Waals surface area contributed by atoms with Crippen molar-refractivity contribution in [2.45, 2.75) is 81.4 Å². The molecule has 10 nitrogen and oxygen atoms in total. The molecule has 0 radical (unpaired) electrons. The van der Waals surface area contributed by atoms with E-state index in [9.17, 15) is 13.2 Å². The Bertz CT molecular complexity index is 1930. The summed E-state index contributed by atoms with van der Waals surface area (Å²) in [5, 5.41) is 3.29. The number of rotatable bonds is 12. The molecule has 2 saturated heterocycles. The fraction of sp³-hybridized carbons (Fsp3) is 0.500. The summed E-state index contributed by atoms with van der Waals surface area (Å²) in [6.45, 7) is 13.0. The van der Waals surface area contributed by atoms with E-state index in [1.165, 1.54) is 18.4 Å². The molecule has 1 aromatic heterocycles. The average molecular weight is 728 g/mol. The van der Waals surface area contributed by atoms with Gasteiger partial charge in [-0.25, -0.2) is 22.8 Å². The van der Waals surface area contributed by atoms with E-state index < -0.39 is 15.3 Å². The monoisotopic (exact) mass is 727 g/mol. The van der Waals surface area contributed by atoms with Gasteiger partial charge < -0.3 is 19.7 Å². The molecule has 1 saturated carbocycles. The first-order valence-corrected chi connectivity index (χ1v) is 20.2. The molecule has 2 aromatic carbocycles. The first-order chi connectivity index (χ1) is 25.1. The van der Waals surface area contributed by atoms with E-state index in [4.69, 9.17) is 0 Å². The molecular weight excluding hydrogens is 678 g/mol. The topological polar surface area (TPSA) is 112 Å². The number of benzene rings is 2. The number of aliphatic imine (C=N–C) groups is 2. The number of piperidine rings is 1. The minimum Gasteiger partial charge on any atom is -0.371 e. The quantitative estimate of drug-likeness (QED) is 0.249. The summed E-state index contributed by atoms with van der Waals surface area (Å²) in [6.07, 6.45) is 11.9. The van der Waals surface area contributed by atoms with Crippen molar-refractivity contribution in [3.63, 3.8) is 0 Å². The van der Waals surface area contributed by atoms with Gasteiger partial charge in [0.25, 0.3) is 0 Å². The molecule has 1 aliphatic carbocycles. The maximum Gasteiger partial charge on any atom is 0.243 e. The van der Waals surface area contributed by atoms with Gasteiger partial charge in [0, 0.05) is 68.1 Å². The van der Waals surface area contributed by atoms with Crippen molar-refractivity contribution in [2.24, 2.45) is 27.7 Å². The normalized spacial score (nSPS) is 24.0. The number of likely N-dealkylation sites (tertiary alicyclic amines) is 1. The molecule has 3 aromatic rings. The molecule has 7 rings (SSSR count). The highest BCUT2D eigenvalue weighted by atomic mass is 32.2. The fourth-order valence-electron chi connectivity index (χ4n) is 9.35. The van der Waals surface area contributed by atoms with Crippen molar-refractivity contribution in [1.29, 1.82) is 0 Å². The zero-order chi connectivity index (χ0) is 36.5. The molecule has 1 unspecified atom stereocenters. The Morgan fingerprint density at radius 3 is 2.54 bits per heavy atom. The van der Waals surface area contributed by atoms with Gasteiger partial charge in [0.2, 0.25) is 15.7 Å². The SMILES string of the molecule is C=CC(=O)N[C@H]1CCC[C@@H]1[C@](Cn1ccnc1CC)(c1cccc(F)c1)C1CCN(CC2CN(c3ccc(S(=O)(=O)C4=NC(C)N=C4)cc3)C2)CC1. The predicted molar refractivity (Wildman–Crippen MR) is 203 cm³/mol. The van der Waals surface area contributed by atoms with E-state index in [-0.39, 0.29) is 45.7 Å². The van der Waals surface area contributed by atoms with Crippen LogP contribution in [-0.4, -0.2) is 85.0 Å². The molecule has 52 heavy (non-hydrogen) atoms. The first kappa shape index (κ1) is 36.2. The summed E-state index contributed by atoms with van der Waals surface area (Å²) in [5.74, 6) is 1.55. The number of hydrogen-bond donors (Lipinski definition) is 1. The second kappa shape index (κ2) is 15.1. The third kappa shape index (κ3) is 7.11. The highest BCUT2D eigenvalue weighted by Gasteiger charge is 2.52. The molecular formula is C40H50FN7O3S. The van der Waals surface area contributed by atoms with Crippen LogP contribution in [0.3, 0.4) is 0 Å². The maximum atomic E-state index is 15.1. The number of hydrogen-bond acceptors (Lipinski definition) is 8. The van der Waals surface area contributed by atoms with Crippen molar-refractivity contribution in [2.75, 3.05) is 37.6 Å². The Morgan fingerprint density at radius 1 is 1.10 bits per heavy atom. The van der Waals surface area contributed by atoms with Crippen LogP contribution in [0.15, 0.2) is 88.5 Å². The molecule has 12 heteroatoms. The number of halogens is 1. The van der Waals surface area contributed by atoms with E-state index >= 15 is 4.39 Å². The second-order valence-corrected chi connectivity index (χ2v) is 16.8. The lowest BCUT2D eigenvalue weighted by Gasteiger charge is -2.51. The summed E-state index contributed by atoms with van der Waals surface area (Å²) >= 11 is 0. The largest absolute Gasteiger partial charge is 0.371 e. The van der Waals surface area contributed by atoms with Crippen LogP contribution in [0.1, 0.15) is 57.3 Å². The van der Waals surface area contributed by atoms with Crippen LogP contribution in [0.2, 0.25) is 0 Å². The van der Waals surface area contributed by atoms with Gasteiger partial charge in [-0.3, -0.25) is 9.79 Å². The van der Waals surface area contributed by atoms with Gasteiger partial charge in [-0.1, -0.05) is 32.1 Å². The van der Waals surface area contributed by atoms with Crippen molar-refractivity contribution in [1.82, 2.24) is 19.8 Å². The van der Waals surface area contributed by atoms with Crippen LogP contribution >= 0.6 is 0 Å². The van der Waals surface area contributed by atoms with Crippen molar-refractivity contribution in [3.8, 4) is 0 Å². The molecule has 0 bridgehead atoms. The average Bonchev–Trinajstić information content (AvgIpc) is 3.90.